The minimum atomic E-state index is -0.158. The number of nitrogens with one attached hydrogen (secondary N) is 1. The van der Waals surface area contributed by atoms with Gasteiger partial charge in [0.25, 0.3) is 0 Å². The van der Waals surface area contributed by atoms with Crippen molar-refractivity contribution in [2.24, 2.45) is 0 Å². The molecule has 1 atom stereocenters. The van der Waals surface area contributed by atoms with Gasteiger partial charge in [-0.3, -0.25) is 10.1 Å². The zero-order valence-corrected chi connectivity index (χ0v) is 14.8. The summed E-state index contributed by atoms with van der Waals surface area (Å²) in [6.07, 6.45) is 0. The third kappa shape index (κ3) is 4.43. The van der Waals surface area contributed by atoms with Gasteiger partial charge >= 0.3 is 0 Å². The van der Waals surface area contributed by atoms with Crippen LogP contribution in [-0.2, 0) is 10.5 Å². The molecule has 0 radical (unpaired) electrons. The van der Waals surface area contributed by atoms with Crippen molar-refractivity contribution in [3.63, 3.8) is 0 Å². The molecule has 24 heavy (non-hydrogen) atoms. The van der Waals surface area contributed by atoms with Crippen molar-refractivity contribution in [1.82, 2.24) is 10.2 Å². The lowest BCUT2D eigenvalue weighted by molar-refractivity contribution is -0.115. The van der Waals surface area contributed by atoms with Crippen LogP contribution in [0.4, 0.5) is 5.13 Å². The van der Waals surface area contributed by atoms with Gasteiger partial charge < -0.3 is 0 Å². The second-order valence-electron chi connectivity index (χ2n) is 5.21. The molecule has 1 heterocycles. The highest BCUT2D eigenvalue weighted by atomic mass is 32.2. The molecule has 4 nitrogen and oxygen atoms in total. The molecule has 0 saturated carbocycles. The molecule has 1 N–H and O–H groups in total. The Morgan fingerprint density at radius 3 is 2.46 bits per heavy atom. The standard InChI is InChI=1S/C18H17N3OS2/c1-13(23-12-14-8-4-2-5-9-14)16(22)19-18-21-20-17(24-18)15-10-6-3-7-11-15/h2-11,13H,12H2,1H3,(H,19,21,22). The van der Waals surface area contributed by atoms with E-state index in [1.165, 1.54) is 16.9 Å². The Morgan fingerprint density at radius 1 is 1.08 bits per heavy atom. The van der Waals surface area contributed by atoms with Crippen molar-refractivity contribution in [1.29, 1.82) is 0 Å². The molecule has 6 heteroatoms. The number of hydrogen-bond acceptors (Lipinski definition) is 5. The van der Waals surface area contributed by atoms with Gasteiger partial charge in [-0.25, -0.2) is 0 Å². The van der Waals surface area contributed by atoms with Crippen LogP contribution >= 0.6 is 23.1 Å². The molecule has 1 aromatic heterocycles. The molecule has 0 aliphatic carbocycles. The lowest BCUT2D eigenvalue weighted by atomic mass is 10.2. The first kappa shape index (κ1) is 16.7. The summed E-state index contributed by atoms with van der Waals surface area (Å²) in [6, 6.07) is 20.0. The Hall–Kier alpha value is -2.18. The van der Waals surface area contributed by atoms with E-state index in [-0.39, 0.29) is 11.2 Å². The van der Waals surface area contributed by atoms with E-state index >= 15 is 0 Å². The van der Waals surface area contributed by atoms with Gasteiger partial charge in [0.15, 0.2) is 0 Å². The monoisotopic (exact) mass is 355 g/mol. The summed E-state index contributed by atoms with van der Waals surface area (Å²) >= 11 is 2.99. The van der Waals surface area contributed by atoms with Crippen LogP contribution in [0.2, 0.25) is 0 Å². The summed E-state index contributed by atoms with van der Waals surface area (Å²) < 4.78 is 0. The molecule has 1 amide bonds. The molecule has 1 unspecified atom stereocenters. The number of benzene rings is 2. The van der Waals surface area contributed by atoms with Gasteiger partial charge in [-0.2, -0.15) is 0 Å². The van der Waals surface area contributed by atoms with Crippen LogP contribution in [0.3, 0.4) is 0 Å². The fourth-order valence-electron chi connectivity index (χ4n) is 2.05. The highest BCUT2D eigenvalue weighted by Gasteiger charge is 2.16. The Morgan fingerprint density at radius 2 is 1.75 bits per heavy atom. The topological polar surface area (TPSA) is 54.9 Å². The Labute approximate surface area is 149 Å². The van der Waals surface area contributed by atoms with Crippen molar-refractivity contribution < 1.29 is 4.79 Å². The number of rotatable bonds is 6. The van der Waals surface area contributed by atoms with Crippen molar-refractivity contribution in [3.05, 3.63) is 66.2 Å². The molecular formula is C18H17N3OS2. The maximum atomic E-state index is 12.3. The molecule has 0 fully saturated rings. The van der Waals surface area contributed by atoms with E-state index in [0.29, 0.717) is 5.13 Å². The molecule has 0 spiro atoms. The van der Waals surface area contributed by atoms with E-state index in [4.69, 9.17) is 0 Å². The first-order valence-corrected chi connectivity index (χ1v) is 9.44. The third-order valence-electron chi connectivity index (χ3n) is 3.39. The predicted octanol–water partition coefficient (Wildman–Crippen LogP) is 4.47. The fourth-order valence-corrected chi connectivity index (χ4v) is 3.65. The normalized spacial score (nSPS) is 11.9. The summed E-state index contributed by atoms with van der Waals surface area (Å²) in [5.74, 6) is 0.757. The highest BCUT2D eigenvalue weighted by Crippen LogP contribution is 2.26. The van der Waals surface area contributed by atoms with Crippen molar-refractivity contribution in [2.45, 2.75) is 17.9 Å². The predicted molar refractivity (Wildman–Crippen MR) is 101 cm³/mol. The first-order valence-electron chi connectivity index (χ1n) is 7.57. The maximum absolute atomic E-state index is 12.3. The van der Waals surface area contributed by atoms with Gasteiger partial charge in [-0.15, -0.1) is 22.0 Å². The van der Waals surface area contributed by atoms with Crippen LogP contribution in [-0.4, -0.2) is 21.4 Å². The van der Waals surface area contributed by atoms with Crippen LogP contribution < -0.4 is 5.32 Å². The highest BCUT2D eigenvalue weighted by molar-refractivity contribution is 7.99. The van der Waals surface area contributed by atoms with Gasteiger partial charge in [0.05, 0.1) is 5.25 Å². The number of carbonyl (C=O) groups is 1. The number of aromatic nitrogens is 2. The molecule has 3 aromatic rings. The minimum Gasteiger partial charge on any atom is -0.300 e. The molecule has 3 rings (SSSR count). The summed E-state index contributed by atoms with van der Waals surface area (Å²) in [4.78, 5) is 12.3. The largest absolute Gasteiger partial charge is 0.300 e. The molecular weight excluding hydrogens is 338 g/mol. The maximum Gasteiger partial charge on any atom is 0.239 e. The zero-order chi connectivity index (χ0) is 16.8. The summed E-state index contributed by atoms with van der Waals surface area (Å²) in [7, 11) is 0. The minimum absolute atomic E-state index is 0.0494. The Balaban J connectivity index is 1.55. The van der Waals surface area contributed by atoms with Crippen LogP contribution in [0, 0.1) is 0 Å². The summed E-state index contributed by atoms with van der Waals surface area (Å²) in [5.41, 5.74) is 2.21. The van der Waals surface area contributed by atoms with Crippen molar-refractivity contribution >= 4 is 34.1 Å². The van der Waals surface area contributed by atoms with Gasteiger partial charge in [0, 0.05) is 11.3 Å². The van der Waals surface area contributed by atoms with E-state index in [9.17, 15) is 4.79 Å². The van der Waals surface area contributed by atoms with Gasteiger partial charge in [-0.05, 0) is 12.5 Å². The van der Waals surface area contributed by atoms with Crippen LogP contribution in [0.25, 0.3) is 10.6 Å². The fraction of sp³-hybridized carbons (Fsp3) is 0.167. The molecule has 0 aliphatic rings. The lowest BCUT2D eigenvalue weighted by Crippen LogP contribution is -2.22. The number of anilines is 1. The molecule has 2 aromatic carbocycles. The smallest absolute Gasteiger partial charge is 0.239 e. The van der Waals surface area contributed by atoms with Crippen LogP contribution in [0.15, 0.2) is 60.7 Å². The van der Waals surface area contributed by atoms with E-state index in [1.54, 1.807) is 11.8 Å². The van der Waals surface area contributed by atoms with Gasteiger partial charge in [0.2, 0.25) is 11.0 Å². The Bertz CT molecular complexity index is 790. The second-order valence-corrected chi connectivity index (χ2v) is 7.51. The second kappa shape index (κ2) is 8.08. The summed E-state index contributed by atoms with van der Waals surface area (Å²) in [5, 5.41) is 12.2. The third-order valence-corrected chi connectivity index (χ3v) is 5.49. The van der Waals surface area contributed by atoms with Crippen LogP contribution in [0.1, 0.15) is 12.5 Å². The average Bonchev–Trinajstić information content (AvgIpc) is 3.10. The first-order chi connectivity index (χ1) is 11.7. The van der Waals surface area contributed by atoms with Crippen LogP contribution in [0.5, 0.6) is 0 Å². The quantitative estimate of drug-likeness (QED) is 0.709. The molecule has 0 aliphatic heterocycles. The lowest BCUT2D eigenvalue weighted by Gasteiger charge is -2.10. The van der Waals surface area contributed by atoms with Crippen molar-refractivity contribution in [3.8, 4) is 10.6 Å². The van der Waals surface area contributed by atoms with E-state index < -0.39 is 0 Å². The van der Waals surface area contributed by atoms with E-state index in [1.807, 2.05) is 55.5 Å². The number of carbonyl (C=O) groups excluding carboxylic acids is 1. The molecule has 0 saturated heterocycles. The summed E-state index contributed by atoms with van der Waals surface area (Å²) in [6.45, 7) is 1.90. The van der Waals surface area contributed by atoms with Gasteiger partial charge in [0.1, 0.15) is 5.01 Å². The number of nitrogens with zero attached hydrogens (tertiary/aromatic N) is 2. The number of thioether (sulfide) groups is 1. The Kier molecular flexibility index (Phi) is 5.61. The number of hydrogen-bond donors (Lipinski definition) is 1. The van der Waals surface area contributed by atoms with E-state index in [0.717, 1.165) is 16.3 Å². The van der Waals surface area contributed by atoms with Crippen molar-refractivity contribution in [2.75, 3.05) is 5.32 Å². The van der Waals surface area contributed by atoms with Gasteiger partial charge in [-0.1, -0.05) is 72.0 Å². The van der Waals surface area contributed by atoms with E-state index in [2.05, 4.69) is 27.6 Å². The zero-order valence-electron chi connectivity index (χ0n) is 13.2. The SMILES string of the molecule is CC(SCc1ccccc1)C(=O)Nc1nnc(-c2ccccc2)s1. The molecule has 0 bridgehead atoms. The molecule has 122 valence electrons. The average molecular weight is 355 g/mol. The number of amides is 1.